The highest BCUT2D eigenvalue weighted by Crippen LogP contribution is 2.34. The number of hydrogen-bond donors (Lipinski definition) is 1. The van der Waals surface area contributed by atoms with Crippen LogP contribution in [0.5, 0.6) is 5.75 Å². The Morgan fingerprint density at radius 2 is 1.93 bits per heavy atom. The van der Waals surface area contributed by atoms with Gasteiger partial charge in [0.25, 0.3) is 5.56 Å². The Morgan fingerprint density at radius 3 is 2.62 bits per heavy atom. The van der Waals surface area contributed by atoms with Crippen LogP contribution in [0.25, 0.3) is 10.7 Å². The largest absolute Gasteiger partial charge is 0.501 e. The highest BCUT2D eigenvalue weighted by atomic mass is 32.1. The maximum atomic E-state index is 13.1. The third kappa shape index (κ3) is 3.21. The van der Waals surface area contributed by atoms with Crippen LogP contribution in [0, 0.1) is 5.82 Å². The fraction of sp³-hybridized carbons (Fsp3) is 0.300. The summed E-state index contributed by atoms with van der Waals surface area (Å²) in [4.78, 5) is 36.2. The molecule has 0 spiro atoms. The Labute approximate surface area is 170 Å². The molecular formula is C20H19FN4O3S. The minimum atomic E-state index is -0.814. The third-order valence-corrected chi connectivity index (χ3v) is 6.25. The molecule has 3 heterocycles. The lowest BCUT2D eigenvalue weighted by Crippen LogP contribution is -2.53. The summed E-state index contributed by atoms with van der Waals surface area (Å²) in [5.41, 5.74) is -0.446. The predicted molar refractivity (Wildman–Crippen MR) is 106 cm³/mol. The van der Waals surface area contributed by atoms with E-state index in [0.29, 0.717) is 17.3 Å². The van der Waals surface area contributed by atoms with E-state index in [0.717, 1.165) is 10.4 Å². The fourth-order valence-electron chi connectivity index (χ4n) is 3.31. The second kappa shape index (κ2) is 6.77. The number of hydrogen-bond acceptors (Lipinski definition) is 6. The van der Waals surface area contributed by atoms with Crippen LogP contribution in [0.2, 0.25) is 0 Å². The van der Waals surface area contributed by atoms with E-state index in [1.807, 2.05) is 0 Å². The van der Waals surface area contributed by atoms with Gasteiger partial charge in [0.1, 0.15) is 28.9 Å². The lowest BCUT2D eigenvalue weighted by Gasteiger charge is -2.40. The van der Waals surface area contributed by atoms with E-state index in [2.05, 4.69) is 9.97 Å². The normalized spacial score (nSPS) is 15.4. The van der Waals surface area contributed by atoms with Gasteiger partial charge in [-0.2, -0.15) is 0 Å². The topological polar surface area (TPSA) is 88.3 Å². The van der Waals surface area contributed by atoms with Crippen molar-refractivity contribution >= 4 is 17.2 Å². The summed E-state index contributed by atoms with van der Waals surface area (Å²) in [7, 11) is 1.66. The number of thiazole rings is 1. The van der Waals surface area contributed by atoms with Crippen molar-refractivity contribution in [3.63, 3.8) is 0 Å². The van der Waals surface area contributed by atoms with E-state index in [-0.39, 0.29) is 24.0 Å². The zero-order chi connectivity index (χ0) is 20.9. The van der Waals surface area contributed by atoms with Crippen LogP contribution >= 0.6 is 11.3 Å². The van der Waals surface area contributed by atoms with Gasteiger partial charge in [0.2, 0.25) is 11.7 Å². The lowest BCUT2D eigenvalue weighted by molar-refractivity contribution is -0.138. The second-order valence-corrected chi connectivity index (χ2v) is 8.59. The summed E-state index contributed by atoms with van der Waals surface area (Å²) in [5.74, 6) is -0.653. The summed E-state index contributed by atoms with van der Waals surface area (Å²) in [6.45, 7) is 3.43. The predicted octanol–water partition coefficient (Wildman–Crippen LogP) is 2.51. The van der Waals surface area contributed by atoms with E-state index in [1.165, 1.54) is 32.9 Å². The number of rotatable bonds is 3. The minimum absolute atomic E-state index is 0.104. The molecule has 0 saturated carbocycles. The van der Waals surface area contributed by atoms with Crippen molar-refractivity contribution in [3.05, 3.63) is 62.9 Å². The summed E-state index contributed by atoms with van der Waals surface area (Å²) in [6, 6.07) is 6.19. The number of carbonyl (C=O) groups is 1. The molecule has 2 aromatic heterocycles. The molecule has 1 aliphatic rings. The van der Waals surface area contributed by atoms with Crippen LogP contribution in [0.1, 0.15) is 30.1 Å². The zero-order valence-electron chi connectivity index (χ0n) is 16.1. The van der Waals surface area contributed by atoms with Crippen LogP contribution in [0.15, 0.2) is 35.3 Å². The number of likely N-dealkylation sites (N-methyl/N-ethyl adjacent to an activating group) is 1. The van der Waals surface area contributed by atoms with Gasteiger partial charge in [-0.15, -0.1) is 11.3 Å². The highest BCUT2D eigenvalue weighted by Gasteiger charge is 2.40. The second-order valence-electron chi connectivity index (χ2n) is 7.47. The number of halogens is 1. The average Bonchev–Trinajstić information content (AvgIpc) is 3.13. The smallest absolute Gasteiger partial charge is 0.297 e. The lowest BCUT2D eigenvalue weighted by atomic mass is 9.99. The first-order chi connectivity index (χ1) is 13.7. The number of amides is 1. The van der Waals surface area contributed by atoms with Crippen molar-refractivity contribution in [2.24, 2.45) is 0 Å². The van der Waals surface area contributed by atoms with Gasteiger partial charge in [-0.25, -0.2) is 14.4 Å². The number of benzene rings is 1. The SMILES string of the molecule is CN1C(=O)Cn2c(nc(-c3ncc(Cc4ccc(F)cc4)s3)c(O)c2=O)C1(C)C. The van der Waals surface area contributed by atoms with Crippen LogP contribution in [-0.2, 0) is 23.3 Å². The molecule has 1 aliphatic heterocycles. The molecule has 1 amide bonds. The van der Waals surface area contributed by atoms with E-state index >= 15 is 0 Å². The molecule has 7 nitrogen and oxygen atoms in total. The molecule has 0 bridgehead atoms. The molecule has 1 aromatic carbocycles. The maximum Gasteiger partial charge on any atom is 0.297 e. The van der Waals surface area contributed by atoms with Crippen molar-refractivity contribution in [3.8, 4) is 16.5 Å². The van der Waals surface area contributed by atoms with Crippen LogP contribution < -0.4 is 5.56 Å². The standard InChI is InChI=1S/C20H19FN4O3S/c1-20(2)19-23-15(16(27)18(28)25(19)10-14(26)24(20)3)17-22-9-13(29-17)8-11-4-6-12(21)7-5-11/h4-7,9,27H,8,10H2,1-3H3. The molecular weight excluding hydrogens is 395 g/mol. The Bertz CT molecular complexity index is 1170. The number of fused-ring (bicyclic) bond motifs is 1. The molecule has 1 N–H and O–H groups in total. The monoisotopic (exact) mass is 414 g/mol. The van der Waals surface area contributed by atoms with Gasteiger partial charge < -0.3 is 10.0 Å². The molecule has 0 unspecified atom stereocenters. The molecule has 150 valence electrons. The average molecular weight is 414 g/mol. The van der Waals surface area contributed by atoms with Crippen molar-refractivity contribution in [1.82, 2.24) is 19.4 Å². The Morgan fingerprint density at radius 1 is 1.24 bits per heavy atom. The fourth-order valence-corrected chi connectivity index (χ4v) is 4.25. The van der Waals surface area contributed by atoms with Crippen molar-refractivity contribution in [2.75, 3.05) is 7.05 Å². The van der Waals surface area contributed by atoms with E-state index in [9.17, 15) is 19.1 Å². The summed E-state index contributed by atoms with van der Waals surface area (Å²) in [5, 5.41) is 10.9. The third-order valence-electron chi connectivity index (χ3n) is 5.25. The first kappa shape index (κ1) is 19.3. The van der Waals surface area contributed by atoms with Gasteiger partial charge >= 0.3 is 0 Å². The quantitative estimate of drug-likeness (QED) is 0.712. The number of aromatic hydroxyl groups is 1. The van der Waals surface area contributed by atoms with E-state index < -0.39 is 16.8 Å². The zero-order valence-corrected chi connectivity index (χ0v) is 17.0. The van der Waals surface area contributed by atoms with Gasteiger partial charge in [0.05, 0.1) is 5.54 Å². The molecule has 29 heavy (non-hydrogen) atoms. The van der Waals surface area contributed by atoms with Gasteiger partial charge in [-0.3, -0.25) is 14.2 Å². The Hall–Kier alpha value is -3.07. The molecule has 9 heteroatoms. The molecule has 0 atom stereocenters. The van der Waals surface area contributed by atoms with Crippen molar-refractivity contribution in [1.29, 1.82) is 0 Å². The van der Waals surface area contributed by atoms with Crippen molar-refractivity contribution in [2.45, 2.75) is 32.4 Å². The van der Waals surface area contributed by atoms with Crippen LogP contribution in [-0.4, -0.2) is 37.5 Å². The Balaban J connectivity index is 1.75. The van der Waals surface area contributed by atoms with Gasteiger partial charge in [-0.1, -0.05) is 12.1 Å². The Kier molecular flexibility index (Phi) is 4.49. The van der Waals surface area contributed by atoms with E-state index in [4.69, 9.17) is 0 Å². The summed E-state index contributed by atoms with van der Waals surface area (Å²) < 4.78 is 14.3. The highest BCUT2D eigenvalue weighted by molar-refractivity contribution is 7.15. The summed E-state index contributed by atoms with van der Waals surface area (Å²) >= 11 is 1.30. The van der Waals surface area contributed by atoms with Gasteiger partial charge in [0, 0.05) is 24.5 Å². The molecule has 0 radical (unpaired) electrons. The van der Waals surface area contributed by atoms with E-state index in [1.54, 1.807) is 39.2 Å². The molecule has 0 aliphatic carbocycles. The molecule has 3 aromatic rings. The number of carbonyl (C=O) groups excluding carboxylic acids is 1. The minimum Gasteiger partial charge on any atom is -0.501 e. The molecule has 4 rings (SSSR count). The van der Waals surface area contributed by atoms with Crippen molar-refractivity contribution < 1.29 is 14.3 Å². The molecule has 0 saturated heterocycles. The van der Waals surface area contributed by atoms with Gasteiger partial charge in [-0.05, 0) is 31.5 Å². The van der Waals surface area contributed by atoms with Crippen LogP contribution in [0.3, 0.4) is 0 Å². The first-order valence-corrected chi connectivity index (χ1v) is 9.80. The van der Waals surface area contributed by atoms with Gasteiger partial charge in [0.15, 0.2) is 0 Å². The maximum absolute atomic E-state index is 13.1. The summed E-state index contributed by atoms with van der Waals surface area (Å²) in [6.07, 6.45) is 2.20. The number of aromatic nitrogens is 3. The van der Waals surface area contributed by atoms with Crippen LogP contribution in [0.4, 0.5) is 4.39 Å². The molecule has 0 fully saturated rings. The first-order valence-electron chi connectivity index (χ1n) is 8.99. The number of nitrogens with zero attached hydrogens (tertiary/aromatic N) is 4.